The van der Waals surface area contributed by atoms with Crippen molar-refractivity contribution in [2.75, 3.05) is 5.88 Å². The Hall–Kier alpha value is -0.450. The maximum atomic E-state index is 16.9. The second-order valence-electron chi connectivity index (χ2n) is 10.1. The van der Waals surface area contributed by atoms with Crippen LogP contribution < -0.4 is 0 Å². The molecule has 0 amide bonds. The molecule has 3 fully saturated rings. The van der Waals surface area contributed by atoms with Gasteiger partial charge in [-0.25, -0.2) is 4.39 Å². The van der Waals surface area contributed by atoms with Crippen LogP contribution in [-0.4, -0.2) is 39.3 Å². The van der Waals surface area contributed by atoms with E-state index in [0.717, 1.165) is 31.3 Å². The number of halogens is 2. The molecule has 3 nitrogen and oxygen atoms in total. The average molecular weight is 399 g/mol. The molecular weight excluding hydrogens is 367 g/mol. The number of hydrogen-bond acceptors (Lipinski definition) is 3. The molecule has 152 valence electrons. The minimum Gasteiger partial charge on any atom is -0.390 e. The standard InChI is InChI=1S/C22H32ClFO3/c1-13-10-16-15-8-7-14-6-4-5-9-19(14,2)21(15,24)17(25)11-20(16,3)22(13,27)18(26)12-23/h6,13,15-17,25,27H,4-5,7-12H2,1-3H3/t13-,15-,16-,17-,19-,20-,21-,22-/m0/s1. The molecule has 8 atom stereocenters. The lowest BCUT2D eigenvalue weighted by molar-refractivity contribution is -0.227. The fraction of sp³-hybridized carbons (Fsp3) is 0.864. The molecule has 0 unspecified atom stereocenters. The van der Waals surface area contributed by atoms with E-state index in [4.69, 9.17) is 11.6 Å². The van der Waals surface area contributed by atoms with Gasteiger partial charge in [-0.2, -0.15) is 0 Å². The van der Waals surface area contributed by atoms with Gasteiger partial charge in [-0.1, -0.05) is 32.4 Å². The molecule has 0 aromatic heterocycles. The molecule has 0 aromatic carbocycles. The number of ketones is 1. The zero-order chi connectivity index (χ0) is 19.8. The summed E-state index contributed by atoms with van der Waals surface area (Å²) in [4.78, 5) is 12.7. The van der Waals surface area contributed by atoms with Crippen molar-refractivity contribution in [2.24, 2.45) is 28.6 Å². The van der Waals surface area contributed by atoms with Gasteiger partial charge in [0.15, 0.2) is 5.78 Å². The van der Waals surface area contributed by atoms with E-state index in [-0.39, 0.29) is 35.8 Å². The summed E-state index contributed by atoms with van der Waals surface area (Å²) in [7, 11) is 0. The number of carbonyl (C=O) groups excluding carboxylic acids is 1. The van der Waals surface area contributed by atoms with E-state index in [0.29, 0.717) is 12.8 Å². The first-order valence-electron chi connectivity index (χ1n) is 10.5. The molecule has 0 aromatic rings. The van der Waals surface area contributed by atoms with Crippen molar-refractivity contribution in [2.45, 2.75) is 83.1 Å². The van der Waals surface area contributed by atoms with Crippen molar-refractivity contribution in [1.29, 1.82) is 0 Å². The molecule has 4 aliphatic carbocycles. The van der Waals surface area contributed by atoms with Gasteiger partial charge in [0.25, 0.3) is 0 Å². The van der Waals surface area contributed by atoms with E-state index in [9.17, 15) is 15.0 Å². The molecule has 3 saturated carbocycles. The van der Waals surface area contributed by atoms with Crippen molar-refractivity contribution in [3.05, 3.63) is 11.6 Å². The van der Waals surface area contributed by atoms with Crippen LogP contribution in [0.5, 0.6) is 0 Å². The molecule has 27 heavy (non-hydrogen) atoms. The van der Waals surface area contributed by atoms with Gasteiger partial charge >= 0.3 is 0 Å². The quantitative estimate of drug-likeness (QED) is 0.541. The second kappa shape index (κ2) is 6.03. The Bertz CT molecular complexity index is 695. The predicted octanol–water partition coefficient (Wildman–Crippen LogP) is 4.19. The summed E-state index contributed by atoms with van der Waals surface area (Å²) in [6.45, 7) is 5.74. The fourth-order valence-corrected chi connectivity index (χ4v) is 7.99. The Morgan fingerprint density at radius 1 is 1.37 bits per heavy atom. The van der Waals surface area contributed by atoms with E-state index < -0.39 is 28.2 Å². The Morgan fingerprint density at radius 2 is 2.07 bits per heavy atom. The lowest BCUT2D eigenvalue weighted by Gasteiger charge is -2.63. The average Bonchev–Trinajstić information content (AvgIpc) is 2.83. The van der Waals surface area contributed by atoms with Crippen LogP contribution >= 0.6 is 11.6 Å². The number of aliphatic hydroxyl groups is 2. The van der Waals surface area contributed by atoms with E-state index in [2.05, 4.69) is 6.08 Å². The number of aliphatic hydroxyl groups excluding tert-OH is 1. The molecule has 0 aliphatic heterocycles. The minimum absolute atomic E-state index is 0.108. The Labute approximate surface area is 166 Å². The summed E-state index contributed by atoms with van der Waals surface area (Å²) in [5.41, 5.74) is -3.62. The Balaban J connectivity index is 1.82. The van der Waals surface area contributed by atoms with Crippen molar-refractivity contribution >= 4 is 17.4 Å². The summed E-state index contributed by atoms with van der Waals surface area (Å²) in [5, 5.41) is 22.7. The monoisotopic (exact) mass is 398 g/mol. The van der Waals surface area contributed by atoms with E-state index in [1.807, 2.05) is 20.8 Å². The van der Waals surface area contributed by atoms with Crippen molar-refractivity contribution in [3.63, 3.8) is 0 Å². The summed E-state index contributed by atoms with van der Waals surface area (Å²) in [5.74, 6) is -1.40. The zero-order valence-electron chi connectivity index (χ0n) is 16.6. The first-order chi connectivity index (χ1) is 12.6. The maximum absolute atomic E-state index is 16.9. The van der Waals surface area contributed by atoms with Gasteiger partial charge < -0.3 is 10.2 Å². The normalized spacial score (nSPS) is 54.6. The second-order valence-corrected chi connectivity index (χ2v) is 10.3. The fourth-order valence-electron chi connectivity index (χ4n) is 7.79. The molecular formula is C22H32ClFO3. The topological polar surface area (TPSA) is 57.5 Å². The van der Waals surface area contributed by atoms with Gasteiger partial charge in [0, 0.05) is 16.7 Å². The van der Waals surface area contributed by atoms with Crippen molar-refractivity contribution in [3.8, 4) is 0 Å². The number of allylic oxidation sites excluding steroid dienone is 2. The van der Waals surface area contributed by atoms with Crippen molar-refractivity contribution < 1.29 is 19.4 Å². The molecule has 0 saturated heterocycles. The summed E-state index contributed by atoms with van der Waals surface area (Å²) >= 11 is 5.84. The third kappa shape index (κ3) is 2.13. The summed E-state index contributed by atoms with van der Waals surface area (Å²) in [6.07, 6.45) is 5.93. The first kappa shape index (κ1) is 19.8. The molecule has 4 rings (SSSR count). The molecule has 0 heterocycles. The number of carbonyl (C=O) groups is 1. The van der Waals surface area contributed by atoms with Crippen LogP contribution in [0.4, 0.5) is 4.39 Å². The lowest BCUT2D eigenvalue weighted by atomic mass is 9.44. The number of alkyl halides is 2. The zero-order valence-corrected chi connectivity index (χ0v) is 17.4. The third-order valence-electron chi connectivity index (χ3n) is 9.23. The van der Waals surface area contributed by atoms with Gasteiger partial charge in [-0.3, -0.25) is 4.79 Å². The van der Waals surface area contributed by atoms with Crippen LogP contribution in [0.25, 0.3) is 0 Å². The molecule has 0 spiro atoms. The van der Waals surface area contributed by atoms with Crippen LogP contribution in [0.1, 0.15) is 65.7 Å². The van der Waals surface area contributed by atoms with Gasteiger partial charge in [0.1, 0.15) is 11.3 Å². The van der Waals surface area contributed by atoms with E-state index >= 15 is 4.39 Å². The molecule has 5 heteroatoms. The van der Waals surface area contributed by atoms with Crippen LogP contribution in [0, 0.1) is 28.6 Å². The third-order valence-corrected chi connectivity index (χ3v) is 9.48. The number of rotatable bonds is 2. The minimum atomic E-state index is -1.70. The number of hydrogen-bond donors (Lipinski definition) is 2. The lowest BCUT2D eigenvalue weighted by Crippen LogP contribution is -2.69. The van der Waals surface area contributed by atoms with Crippen molar-refractivity contribution in [1.82, 2.24) is 0 Å². The highest BCUT2D eigenvalue weighted by Gasteiger charge is 2.75. The largest absolute Gasteiger partial charge is 0.390 e. The smallest absolute Gasteiger partial charge is 0.179 e. The highest BCUT2D eigenvalue weighted by molar-refractivity contribution is 6.29. The van der Waals surface area contributed by atoms with Gasteiger partial charge in [0.2, 0.25) is 0 Å². The van der Waals surface area contributed by atoms with E-state index in [1.165, 1.54) is 0 Å². The van der Waals surface area contributed by atoms with Crippen LogP contribution in [-0.2, 0) is 4.79 Å². The number of fused-ring (bicyclic) bond motifs is 5. The van der Waals surface area contributed by atoms with Gasteiger partial charge in [-0.15, -0.1) is 11.6 Å². The van der Waals surface area contributed by atoms with Gasteiger partial charge in [0.05, 0.1) is 12.0 Å². The Morgan fingerprint density at radius 3 is 2.74 bits per heavy atom. The maximum Gasteiger partial charge on any atom is 0.179 e. The molecule has 4 aliphatic rings. The molecule has 0 bridgehead atoms. The highest BCUT2D eigenvalue weighted by Crippen LogP contribution is 2.71. The molecule has 0 radical (unpaired) electrons. The van der Waals surface area contributed by atoms with Crippen LogP contribution in [0.2, 0.25) is 0 Å². The van der Waals surface area contributed by atoms with Crippen LogP contribution in [0.15, 0.2) is 11.6 Å². The first-order valence-corrected chi connectivity index (χ1v) is 11.0. The summed E-state index contributed by atoms with van der Waals surface area (Å²) < 4.78 is 16.9. The summed E-state index contributed by atoms with van der Waals surface area (Å²) in [6, 6.07) is 0. The predicted molar refractivity (Wildman–Crippen MR) is 103 cm³/mol. The SMILES string of the molecule is C[C@H]1C[C@H]2[C@@H]3CCC4=CCCC[C@]4(C)[C@@]3(F)[C@@H](O)C[C@]2(C)[C@@]1(O)C(=O)CCl. The van der Waals surface area contributed by atoms with Crippen LogP contribution in [0.3, 0.4) is 0 Å². The van der Waals surface area contributed by atoms with Gasteiger partial charge in [-0.05, 0) is 56.8 Å². The van der Waals surface area contributed by atoms with E-state index in [1.54, 1.807) is 0 Å². The Kier molecular flexibility index (Phi) is 4.43. The molecule has 2 N–H and O–H groups in total. The highest BCUT2D eigenvalue weighted by atomic mass is 35.5. The number of Topliss-reactive ketones (excluding diaryl/α,β-unsaturated/α-hetero) is 1.